The van der Waals surface area contributed by atoms with E-state index in [9.17, 15) is 4.39 Å². The zero-order valence-corrected chi connectivity index (χ0v) is 10.8. The SMILES string of the molecule is Fc1cc(Br)cnc1NCCc1cccs1. The van der Waals surface area contributed by atoms with Crippen LogP contribution in [0.5, 0.6) is 0 Å². The standard InChI is InChI=1S/C11H10BrFN2S/c12-8-6-10(13)11(15-7-8)14-4-3-9-2-1-5-16-9/h1-2,5-7H,3-4H2,(H,14,15). The largest absolute Gasteiger partial charge is 0.367 e. The third-order valence-corrected chi connectivity index (χ3v) is 3.42. The van der Waals surface area contributed by atoms with Crippen molar-refractivity contribution in [3.05, 3.63) is 44.9 Å². The highest BCUT2D eigenvalue weighted by atomic mass is 79.9. The molecular weight excluding hydrogens is 291 g/mol. The molecule has 0 spiro atoms. The third-order valence-electron chi connectivity index (χ3n) is 2.05. The molecule has 0 fully saturated rings. The van der Waals surface area contributed by atoms with Crippen molar-refractivity contribution in [3.63, 3.8) is 0 Å². The highest BCUT2D eigenvalue weighted by Gasteiger charge is 2.03. The number of hydrogen-bond acceptors (Lipinski definition) is 3. The summed E-state index contributed by atoms with van der Waals surface area (Å²) < 4.78 is 14.0. The number of nitrogens with zero attached hydrogens (tertiary/aromatic N) is 1. The molecular formula is C11H10BrFN2S. The Hall–Kier alpha value is -0.940. The van der Waals surface area contributed by atoms with E-state index in [1.54, 1.807) is 17.5 Å². The molecule has 1 N–H and O–H groups in total. The summed E-state index contributed by atoms with van der Waals surface area (Å²) in [5.74, 6) is -0.0275. The van der Waals surface area contributed by atoms with Gasteiger partial charge in [0.1, 0.15) is 0 Å². The van der Waals surface area contributed by atoms with Gasteiger partial charge in [-0.3, -0.25) is 0 Å². The minimum Gasteiger partial charge on any atom is -0.367 e. The maximum atomic E-state index is 13.4. The monoisotopic (exact) mass is 300 g/mol. The van der Waals surface area contributed by atoms with Gasteiger partial charge >= 0.3 is 0 Å². The van der Waals surface area contributed by atoms with Crippen LogP contribution in [-0.4, -0.2) is 11.5 Å². The molecule has 0 unspecified atom stereocenters. The Bertz CT molecular complexity index is 459. The lowest BCUT2D eigenvalue weighted by molar-refractivity contribution is 0.623. The van der Waals surface area contributed by atoms with Crippen molar-refractivity contribution in [2.24, 2.45) is 0 Å². The molecule has 0 bridgehead atoms. The van der Waals surface area contributed by atoms with E-state index in [0.717, 1.165) is 6.42 Å². The van der Waals surface area contributed by atoms with E-state index in [1.807, 2.05) is 11.4 Å². The highest BCUT2D eigenvalue weighted by Crippen LogP contribution is 2.16. The van der Waals surface area contributed by atoms with Gasteiger partial charge < -0.3 is 5.32 Å². The van der Waals surface area contributed by atoms with Gasteiger partial charge in [0.25, 0.3) is 0 Å². The maximum Gasteiger partial charge on any atom is 0.166 e. The van der Waals surface area contributed by atoms with E-state index in [-0.39, 0.29) is 5.82 Å². The summed E-state index contributed by atoms with van der Waals surface area (Å²) in [6.07, 6.45) is 2.46. The van der Waals surface area contributed by atoms with Crippen molar-refractivity contribution in [1.82, 2.24) is 4.98 Å². The fraction of sp³-hybridized carbons (Fsp3) is 0.182. The molecule has 2 nitrogen and oxygen atoms in total. The predicted molar refractivity (Wildman–Crippen MR) is 68.4 cm³/mol. The molecule has 0 aliphatic heterocycles. The lowest BCUT2D eigenvalue weighted by atomic mass is 10.3. The third kappa shape index (κ3) is 3.02. The van der Waals surface area contributed by atoms with Crippen molar-refractivity contribution in [3.8, 4) is 0 Å². The van der Waals surface area contributed by atoms with Crippen LogP contribution in [0.15, 0.2) is 34.2 Å². The molecule has 0 amide bonds. The van der Waals surface area contributed by atoms with Crippen molar-refractivity contribution >= 4 is 33.1 Å². The molecule has 2 aromatic heterocycles. The zero-order chi connectivity index (χ0) is 11.4. The second-order valence-corrected chi connectivity index (χ2v) is 5.19. The lowest BCUT2D eigenvalue weighted by Crippen LogP contribution is -2.07. The number of thiophene rings is 1. The smallest absolute Gasteiger partial charge is 0.166 e. The van der Waals surface area contributed by atoms with E-state index < -0.39 is 0 Å². The van der Waals surface area contributed by atoms with Crippen molar-refractivity contribution in [2.75, 3.05) is 11.9 Å². The Labute approximate surface area is 106 Å². The van der Waals surface area contributed by atoms with E-state index in [0.29, 0.717) is 16.8 Å². The van der Waals surface area contributed by atoms with E-state index in [1.165, 1.54) is 10.9 Å². The van der Waals surface area contributed by atoms with Gasteiger partial charge in [-0.05, 0) is 39.9 Å². The van der Waals surface area contributed by atoms with Gasteiger partial charge in [0.15, 0.2) is 11.6 Å². The molecule has 16 heavy (non-hydrogen) atoms. The first-order chi connectivity index (χ1) is 7.75. The zero-order valence-electron chi connectivity index (χ0n) is 8.41. The molecule has 0 aromatic carbocycles. The first kappa shape index (κ1) is 11.5. The maximum absolute atomic E-state index is 13.4. The molecule has 2 rings (SSSR count). The fourth-order valence-corrected chi connectivity index (χ4v) is 2.32. The lowest BCUT2D eigenvalue weighted by Gasteiger charge is -2.05. The fourth-order valence-electron chi connectivity index (χ4n) is 1.30. The summed E-state index contributed by atoms with van der Waals surface area (Å²) >= 11 is 4.87. The average Bonchev–Trinajstić information content (AvgIpc) is 2.74. The number of nitrogens with one attached hydrogen (secondary N) is 1. The second-order valence-electron chi connectivity index (χ2n) is 3.24. The molecule has 2 heterocycles. The molecule has 2 aromatic rings. The summed E-state index contributed by atoms with van der Waals surface area (Å²) in [6, 6.07) is 5.48. The van der Waals surface area contributed by atoms with Crippen LogP contribution in [0.1, 0.15) is 4.88 Å². The normalized spacial score (nSPS) is 10.4. The summed E-state index contributed by atoms with van der Waals surface area (Å²) in [4.78, 5) is 5.25. The van der Waals surface area contributed by atoms with Crippen LogP contribution in [0, 0.1) is 5.82 Å². The average molecular weight is 301 g/mol. The Balaban J connectivity index is 1.90. The minimum atomic E-state index is -0.333. The Morgan fingerprint density at radius 1 is 1.50 bits per heavy atom. The van der Waals surface area contributed by atoms with Crippen LogP contribution in [0.2, 0.25) is 0 Å². The van der Waals surface area contributed by atoms with Gasteiger partial charge in [-0.1, -0.05) is 6.07 Å². The Morgan fingerprint density at radius 3 is 3.06 bits per heavy atom. The van der Waals surface area contributed by atoms with Crippen molar-refractivity contribution in [2.45, 2.75) is 6.42 Å². The van der Waals surface area contributed by atoms with Crippen LogP contribution >= 0.6 is 27.3 Å². The van der Waals surface area contributed by atoms with Gasteiger partial charge in [0, 0.05) is 22.1 Å². The molecule has 0 radical (unpaired) electrons. The minimum absolute atomic E-state index is 0.305. The topological polar surface area (TPSA) is 24.9 Å². The second kappa shape index (κ2) is 5.41. The Kier molecular flexibility index (Phi) is 3.90. The van der Waals surface area contributed by atoms with Gasteiger partial charge in [-0.2, -0.15) is 0 Å². The summed E-state index contributed by atoms with van der Waals surface area (Å²) in [6.45, 7) is 0.687. The van der Waals surface area contributed by atoms with Crippen LogP contribution < -0.4 is 5.32 Å². The molecule has 0 saturated heterocycles. The number of rotatable bonds is 4. The Morgan fingerprint density at radius 2 is 2.38 bits per heavy atom. The number of pyridine rings is 1. The van der Waals surface area contributed by atoms with E-state index in [2.05, 4.69) is 32.3 Å². The van der Waals surface area contributed by atoms with Crippen LogP contribution in [0.25, 0.3) is 0 Å². The molecule has 0 aliphatic carbocycles. The van der Waals surface area contributed by atoms with E-state index in [4.69, 9.17) is 0 Å². The van der Waals surface area contributed by atoms with Gasteiger partial charge in [0.2, 0.25) is 0 Å². The quantitative estimate of drug-likeness (QED) is 0.931. The summed E-state index contributed by atoms with van der Waals surface area (Å²) in [7, 11) is 0. The number of halogens is 2. The molecule has 5 heteroatoms. The van der Waals surface area contributed by atoms with Crippen LogP contribution in [-0.2, 0) is 6.42 Å². The van der Waals surface area contributed by atoms with Crippen LogP contribution in [0.3, 0.4) is 0 Å². The molecule has 0 atom stereocenters. The summed E-state index contributed by atoms with van der Waals surface area (Å²) in [5.41, 5.74) is 0. The van der Waals surface area contributed by atoms with E-state index >= 15 is 0 Å². The highest BCUT2D eigenvalue weighted by molar-refractivity contribution is 9.10. The number of aromatic nitrogens is 1. The number of anilines is 1. The molecule has 84 valence electrons. The van der Waals surface area contributed by atoms with Crippen molar-refractivity contribution in [1.29, 1.82) is 0 Å². The first-order valence-corrected chi connectivity index (χ1v) is 6.50. The van der Waals surface area contributed by atoms with Gasteiger partial charge in [0.05, 0.1) is 0 Å². The summed E-state index contributed by atoms with van der Waals surface area (Å²) in [5, 5.41) is 5.01. The molecule has 0 aliphatic rings. The predicted octanol–water partition coefficient (Wildman–Crippen LogP) is 3.70. The molecule has 0 saturated carbocycles. The van der Waals surface area contributed by atoms with Crippen LogP contribution in [0.4, 0.5) is 10.2 Å². The number of hydrogen-bond donors (Lipinski definition) is 1. The van der Waals surface area contributed by atoms with Gasteiger partial charge in [-0.15, -0.1) is 11.3 Å². The first-order valence-electron chi connectivity index (χ1n) is 4.83. The van der Waals surface area contributed by atoms with Crippen molar-refractivity contribution < 1.29 is 4.39 Å². The van der Waals surface area contributed by atoms with Gasteiger partial charge in [-0.25, -0.2) is 9.37 Å².